The average molecular weight is 1140 g/mol. The van der Waals surface area contributed by atoms with Crippen LogP contribution >= 0.6 is 0 Å². The number of unbranched alkanes of at least 4 members (excludes halogenated alkanes) is 40. The lowest BCUT2D eigenvalue weighted by molar-refractivity contribution is -0.167. The van der Waals surface area contributed by atoms with Crippen molar-refractivity contribution in [3.05, 3.63) is 85.1 Å². The molecule has 0 N–H and O–H groups in total. The molecule has 82 heavy (non-hydrogen) atoms. The molecule has 474 valence electrons. The Morgan fingerprint density at radius 3 is 0.793 bits per heavy atom. The molecular weight excluding hydrogens is 1010 g/mol. The molecule has 0 rings (SSSR count). The molecule has 0 radical (unpaired) electrons. The van der Waals surface area contributed by atoms with Gasteiger partial charge in [0.2, 0.25) is 0 Å². The second-order valence-corrected chi connectivity index (χ2v) is 23.8. The predicted octanol–water partition coefficient (Wildman–Crippen LogP) is 24.6. The summed E-state index contributed by atoms with van der Waals surface area (Å²) in [7, 11) is 0. The van der Waals surface area contributed by atoms with Crippen molar-refractivity contribution in [2.24, 2.45) is 0 Å². The Labute approximate surface area is 509 Å². The largest absolute Gasteiger partial charge is 0.462 e. The first-order chi connectivity index (χ1) is 40.5. The Hall–Kier alpha value is -3.41. The fraction of sp³-hybridized carbons (Fsp3) is 0.776. The molecule has 0 aliphatic heterocycles. The van der Waals surface area contributed by atoms with Gasteiger partial charge in [0.25, 0.3) is 0 Å². The molecule has 0 aromatic rings. The van der Waals surface area contributed by atoms with Gasteiger partial charge in [0, 0.05) is 19.3 Å². The number of carbonyl (C=O) groups is 3. The number of rotatable bonds is 65. The maximum absolute atomic E-state index is 13.0. The molecule has 0 aromatic heterocycles. The van der Waals surface area contributed by atoms with Crippen LogP contribution in [0.5, 0.6) is 0 Å². The van der Waals surface area contributed by atoms with Crippen LogP contribution < -0.4 is 0 Å². The highest BCUT2D eigenvalue weighted by Crippen LogP contribution is 2.17. The van der Waals surface area contributed by atoms with Crippen LogP contribution in [0.4, 0.5) is 0 Å². The Bertz CT molecular complexity index is 1550. The third-order valence-corrected chi connectivity index (χ3v) is 15.6. The first-order valence-electron chi connectivity index (χ1n) is 35.6. The summed E-state index contributed by atoms with van der Waals surface area (Å²) >= 11 is 0. The molecule has 0 heterocycles. The van der Waals surface area contributed by atoms with Gasteiger partial charge in [-0.25, -0.2) is 0 Å². The minimum absolute atomic E-state index is 0.0788. The number of ether oxygens (including phenoxy) is 3. The molecule has 0 aliphatic rings. The number of esters is 3. The monoisotopic (exact) mass is 1140 g/mol. The van der Waals surface area contributed by atoms with E-state index in [1.165, 1.54) is 218 Å². The Balaban J connectivity index is 4.28. The number of allylic oxidation sites excluding steroid dienone is 14. The van der Waals surface area contributed by atoms with Crippen molar-refractivity contribution in [1.29, 1.82) is 0 Å². The zero-order valence-corrected chi connectivity index (χ0v) is 54.5. The van der Waals surface area contributed by atoms with Gasteiger partial charge in [-0.05, 0) is 109 Å². The molecule has 1 unspecified atom stereocenters. The summed E-state index contributed by atoms with van der Waals surface area (Å²) in [6.07, 6.45) is 93.2. The summed E-state index contributed by atoms with van der Waals surface area (Å²) in [6, 6.07) is 0. The summed E-state index contributed by atoms with van der Waals surface area (Å²) in [5, 5.41) is 0. The van der Waals surface area contributed by atoms with Gasteiger partial charge in [0.1, 0.15) is 13.2 Å². The summed E-state index contributed by atoms with van der Waals surface area (Å²) in [5.74, 6) is -0.876. The molecule has 0 aromatic carbocycles. The number of carbonyl (C=O) groups excluding carboxylic acids is 3. The molecule has 0 aliphatic carbocycles. The van der Waals surface area contributed by atoms with Gasteiger partial charge in [0.15, 0.2) is 6.10 Å². The highest BCUT2D eigenvalue weighted by molar-refractivity contribution is 5.71. The maximum Gasteiger partial charge on any atom is 0.306 e. The highest BCUT2D eigenvalue weighted by Gasteiger charge is 2.19. The second-order valence-electron chi connectivity index (χ2n) is 23.8. The van der Waals surface area contributed by atoms with E-state index in [2.05, 4.69) is 106 Å². The van der Waals surface area contributed by atoms with E-state index >= 15 is 0 Å². The van der Waals surface area contributed by atoms with Crippen molar-refractivity contribution in [3.63, 3.8) is 0 Å². The van der Waals surface area contributed by atoms with Crippen molar-refractivity contribution in [1.82, 2.24) is 0 Å². The molecule has 0 bridgehead atoms. The smallest absolute Gasteiger partial charge is 0.306 e. The van der Waals surface area contributed by atoms with Crippen LogP contribution in [-0.4, -0.2) is 37.2 Å². The van der Waals surface area contributed by atoms with Gasteiger partial charge in [-0.1, -0.05) is 318 Å². The summed E-state index contributed by atoms with van der Waals surface area (Å²) in [6.45, 7) is 6.52. The van der Waals surface area contributed by atoms with E-state index in [9.17, 15) is 14.4 Å². The van der Waals surface area contributed by atoms with Crippen molar-refractivity contribution >= 4 is 17.9 Å². The lowest BCUT2D eigenvalue weighted by atomic mass is 10.0. The molecule has 0 spiro atoms. The predicted molar refractivity (Wildman–Crippen MR) is 358 cm³/mol. The zero-order valence-electron chi connectivity index (χ0n) is 54.5. The van der Waals surface area contributed by atoms with Gasteiger partial charge in [-0.2, -0.15) is 0 Å². The normalized spacial score (nSPS) is 12.6. The van der Waals surface area contributed by atoms with Crippen LogP contribution in [-0.2, 0) is 28.6 Å². The van der Waals surface area contributed by atoms with E-state index in [-0.39, 0.29) is 31.1 Å². The minimum Gasteiger partial charge on any atom is -0.462 e. The lowest BCUT2D eigenvalue weighted by Gasteiger charge is -2.18. The topological polar surface area (TPSA) is 78.9 Å². The molecular formula is C76H134O6. The summed E-state index contributed by atoms with van der Waals surface area (Å²) in [4.78, 5) is 38.5. The van der Waals surface area contributed by atoms with Crippen LogP contribution in [0.3, 0.4) is 0 Å². The van der Waals surface area contributed by atoms with Crippen molar-refractivity contribution in [2.75, 3.05) is 13.2 Å². The highest BCUT2D eigenvalue weighted by atomic mass is 16.6. The zero-order chi connectivity index (χ0) is 59.2. The van der Waals surface area contributed by atoms with Gasteiger partial charge in [-0.3, -0.25) is 14.4 Å². The van der Waals surface area contributed by atoms with Crippen molar-refractivity contribution in [3.8, 4) is 0 Å². The van der Waals surface area contributed by atoms with Crippen LogP contribution in [0, 0.1) is 0 Å². The Morgan fingerprint density at radius 1 is 0.256 bits per heavy atom. The third-order valence-electron chi connectivity index (χ3n) is 15.6. The standard InChI is InChI=1S/C76H134O6/c1-4-7-10-13-16-19-22-25-28-30-32-34-36-37-38-39-41-42-44-46-48-51-54-57-60-63-66-69-75(78)81-72-73(71-80-74(77)68-65-62-59-56-53-50-27-24-21-18-15-12-9-6-3)82-76(79)70-67-64-61-58-55-52-49-47-45-43-40-35-33-31-29-26-23-20-17-14-11-8-5-2/h7,10,15-16,18-19,24-25,27-28,31-34,73H,4-6,8-9,11-14,17,20-23,26,29-30,35-72H2,1-3H3/b10-7-,18-15-,19-16-,27-24-,28-25-,33-31-,34-32-. The molecule has 1 atom stereocenters. The first kappa shape index (κ1) is 78.6. The van der Waals surface area contributed by atoms with E-state index in [0.29, 0.717) is 19.3 Å². The van der Waals surface area contributed by atoms with E-state index in [1.807, 2.05) is 0 Å². The van der Waals surface area contributed by atoms with E-state index in [0.717, 1.165) is 103 Å². The third kappa shape index (κ3) is 67.4. The fourth-order valence-electron chi connectivity index (χ4n) is 10.3. The van der Waals surface area contributed by atoms with Gasteiger partial charge >= 0.3 is 17.9 Å². The summed E-state index contributed by atoms with van der Waals surface area (Å²) in [5.41, 5.74) is 0. The van der Waals surface area contributed by atoms with Crippen LogP contribution in [0.25, 0.3) is 0 Å². The summed E-state index contributed by atoms with van der Waals surface area (Å²) < 4.78 is 17.0. The number of hydrogen-bond donors (Lipinski definition) is 0. The van der Waals surface area contributed by atoms with Crippen molar-refractivity contribution < 1.29 is 28.6 Å². The van der Waals surface area contributed by atoms with Crippen LogP contribution in [0.1, 0.15) is 361 Å². The maximum atomic E-state index is 13.0. The van der Waals surface area contributed by atoms with E-state index in [1.54, 1.807) is 0 Å². The SMILES string of the molecule is CC/C=C\C/C=C\C/C=C\C/C=C\CCCCCCCCCCCCCCCCC(=O)OCC(COC(=O)CCCCCCC/C=C\C/C=C\CCCC)OC(=O)CCCCCCCCCCCCC/C=C\CCCCCCCCCC. The molecule has 6 heteroatoms. The molecule has 0 fully saturated rings. The second kappa shape index (κ2) is 70.1. The molecule has 0 saturated carbocycles. The fourth-order valence-corrected chi connectivity index (χ4v) is 10.3. The van der Waals surface area contributed by atoms with Gasteiger partial charge in [-0.15, -0.1) is 0 Å². The van der Waals surface area contributed by atoms with E-state index < -0.39 is 6.10 Å². The minimum atomic E-state index is -0.784. The molecule has 6 nitrogen and oxygen atoms in total. The van der Waals surface area contributed by atoms with Crippen LogP contribution in [0.15, 0.2) is 85.1 Å². The quantitative estimate of drug-likeness (QED) is 0.0261. The number of hydrogen-bond acceptors (Lipinski definition) is 6. The lowest BCUT2D eigenvalue weighted by Crippen LogP contribution is -2.30. The van der Waals surface area contributed by atoms with E-state index in [4.69, 9.17) is 14.2 Å². The Morgan fingerprint density at radius 2 is 0.488 bits per heavy atom. The molecule has 0 saturated heterocycles. The molecule has 0 amide bonds. The van der Waals surface area contributed by atoms with Crippen LogP contribution in [0.2, 0.25) is 0 Å². The van der Waals surface area contributed by atoms with Gasteiger partial charge in [0.05, 0.1) is 0 Å². The Kier molecular flexibility index (Phi) is 67.2. The first-order valence-corrected chi connectivity index (χ1v) is 35.6. The van der Waals surface area contributed by atoms with Gasteiger partial charge < -0.3 is 14.2 Å². The van der Waals surface area contributed by atoms with Crippen molar-refractivity contribution in [2.45, 2.75) is 367 Å². The average Bonchev–Trinajstić information content (AvgIpc) is 3.48.